The Balaban J connectivity index is 1.45. The highest BCUT2D eigenvalue weighted by Crippen LogP contribution is 2.41. The largest absolute Gasteiger partial charge is 0.489 e. The Bertz CT molecular complexity index is 1170. The van der Waals surface area contributed by atoms with Crippen LogP contribution in [0.1, 0.15) is 59.3 Å². The van der Waals surface area contributed by atoms with Crippen LogP contribution in [0.2, 0.25) is 0 Å². The molecule has 5 rings (SSSR count). The minimum Gasteiger partial charge on any atom is -0.489 e. The number of likely N-dealkylation sites (tertiary alicyclic amines) is 1. The Morgan fingerprint density at radius 1 is 1.09 bits per heavy atom. The summed E-state index contributed by atoms with van der Waals surface area (Å²) < 4.78 is 24.2. The quantitative estimate of drug-likeness (QED) is 0.409. The van der Waals surface area contributed by atoms with Crippen molar-refractivity contribution in [1.29, 1.82) is 0 Å². The Hall–Kier alpha value is -2.92. The molecule has 0 unspecified atom stereocenters. The van der Waals surface area contributed by atoms with Crippen molar-refractivity contribution < 1.29 is 13.7 Å². The molecule has 0 spiro atoms. The van der Waals surface area contributed by atoms with E-state index in [1.807, 2.05) is 13.1 Å². The second-order valence-corrected chi connectivity index (χ2v) is 9.56. The van der Waals surface area contributed by atoms with Crippen LogP contribution in [0.4, 0.5) is 4.39 Å². The zero-order valence-electron chi connectivity index (χ0n) is 20.1. The minimum atomic E-state index is -0.252. The predicted molar refractivity (Wildman–Crippen MR) is 134 cm³/mol. The number of allylic oxidation sites excluding steroid dienone is 1. The number of rotatable bonds is 7. The van der Waals surface area contributed by atoms with Gasteiger partial charge in [0.2, 0.25) is 0 Å². The molecule has 3 aromatic rings. The zero-order chi connectivity index (χ0) is 23.5. The average Bonchev–Trinajstić information content (AvgIpc) is 3.42. The van der Waals surface area contributed by atoms with Gasteiger partial charge in [0.1, 0.15) is 17.6 Å². The van der Waals surface area contributed by atoms with Crippen molar-refractivity contribution in [3.05, 3.63) is 82.2 Å². The number of aromatic nitrogens is 1. The fourth-order valence-corrected chi connectivity index (χ4v) is 5.38. The molecule has 0 saturated carbocycles. The van der Waals surface area contributed by atoms with Crippen molar-refractivity contribution >= 4 is 11.1 Å². The Labute approximate surface area is 201 Å². The lowest BCUT2D eigenvalue weighted by atomic mass is 9.87. The fourth-order valence-electron chi connectivity index (χ4n) is 5.38. The van der Waals surface area contributed by atoms with Crippen LogP contribution in [0.25, 0.3) is 11.1 Å². The zero-order valence-corrected chi connectivity index (χ0v) is 20.1. The number of aryl methyl sites for hydroxylation is 3. The Morgan fingerprint density at radius 2 is 1.94 bits per heavy atom. The van der Waals surface area contributed by atoms with Crippen LogP contribution < -0.4 is 4.74 Å². The number of hydrogen-bond acceptors (Lipinski definition) is 4. The first-order valence-electron chi connectivity index (χ1n) is 12.4. The molecule has 0 bridgehead atoms. The molecule has 178 valence electrons. The van der Waals surface area contributed by atoms with Gasteiger partial charge in [0.05, 0.1) is 12.9 Å². The van der Waals surface area contributed by atoms with E-state index in [4.69, 9.17) is 9.26 Å². The summed E-state index contributed by atoms with van der Waals surface area (Å²) in [6, 6.07) is 15.3. The summed E-state index contributed by atoms with van der Waals surface area (Å²) in [5.74, 6) is 1.75. The molecule has 2 aromatic carbocycles. The van der Waals surface area contributed by atoms with Crippen LogP contribution in [-0.2, 0) is 6.42 Å². The van der Waals surface area contributed by atoms with E-state index in [0.717, 1.165) is 62.4 Å². The summed E-state index contributed by atoms with van der Waals surface area (Å²) in [6.45, 7) is 6.56. The summed E-state index contributed by atoms with van der Waals surface area (Å²) >= 11 is 0. The first-order chi connectivity index (χ1) is 16.6. The number of hydrogen-bond donors (Lipinski definition) is 0. The molecular weight excluding hydrogens is 427 g/mol. The van der Waals surface area contributed by atoms with Crippen molar-refractivity contribution in [3.8, 4) is 5.75 Å². The summed E-state index contributed by atoms with van der Waals surface area (Å²) in [7, 11) is 0. The van der Waals surface area contributed by atoms with Crippen LogP contribution in [0.3, 0.4) is 0 Å². The number of nitrogens with zero attached hydrogens (tertiary/aromatic N) is 2. The number of halogens is 1. The summed E-state index contributed by atoms with van der Waals surface area (Å²) in [6.07, 6.45) is 6.77. The molecule has 5 heteroatoms. The molecule has 1 aromatic heterocycles. The third-order valence-corrected chi connectivity index (χ3v) is 7.06. The maximum atomic E-state index is 12.5. The normalized spacial score (nSPS) is 18.7. The van der Waals surface area contributed by atoms with E-state index in [-0.39, 0.29) is 12.8 Å². The molecule has 1 atom stereocenters. The van der Waals surface area contributed by atoms with Crippen LogP contribution in [0, 0.1) is 13.8 Å². The molecule has 2 aliphatic rings. The lowest BCUT2D eigenvalue weighted by molar-refractivity contribution is 0.198. The highest BCUT2D eigenvalue weighted by Gasteiger charge is 2.25. The fraction of sp³-hybridized carbons (Fsp3) is 0.414. The van der Waals surface area contributed by atoms with Crippen molar-refractivity contribution in [1.82, 2.24) is 10.1 Å². The third-order valence-electron chi connectivity index (χ3n) is 7.06. The van der Waals surface area contributed by atoms with Crippen LogP contribution >= 0.6 is 0 Å². The highest BCUT2D eigenvalue weighted by molar-refractivity contribution is 6.00. The van der Waals surface area contributed by atoms with Gasteiger partial charge in [0, 0.05) is 25.2 Å². The van der Waals surface area contributed by atoms with Crippen molar-refractivity contribution in [2.24, 2.45) is 0 Å². The van der Waals surface area contributed by atoms with E-state index < -0.39 is 0 Å². The van der Waals surface area contributed by atoms with Crippen LogP contribution in [0.5, 0.6) is 5.75 Å². The van der Waals surface area contributed by atoms with Crippen LogP contribution in [-0.4, -0.2) is 42.5 Å². The first kappa shape index (κ1) is 22.9. The molecule has 1 fully saturated rings. The number of fused-ring (bicyclic) bond motifs is 1. The number of benzene rings is 2. The molecule has 1 saturated heterocycles. The van der Waals surface area contributed by atoms with Gasteiger partial charge in [-0.1, -0.05) is 41.1 Å². The average molecular weight is 461 g/mol. The van der Waals surface area contributed by atoms with Gasteiger partial charge in [-0.05, 0) is 85.9 Å². The molecule has 0 radical (unpaired) electrons. The molecule has 0 N–H and O–H groups in total. The maximum Gasteiger partial charge on any atom is 0.141 e. The van der Waals surface area contributed by atoms with Crippen molar-refractivity contribution in [2.75, 3.05) is 26.3 Å². The Morgan fingerprint density at radius 3 is 2.71 bits per heavy atom. The van der Waals surface area contributed by atoms with E-state index in [9.17, 15) is 4.39 Å². The van der Waals surface area contributed by atoms with E-state index >= 15 is 0 Å². The predicted octanol–water partition coefficient (Wildman–Crippen LogP) is 6.40. The number of ether oxygens (including phenoxy) is 1. The van der Waals surface area contributed by atoms with Gasteiger partial charge in [-0.15, -0.1) is 0 Å². The summed E-state index contributed by atoms with van der Waals surface area (Å²) in [4.78, 5) is 2.29. The van der Waals surface area contributed by atoms with E-state index in [0.29, 0.717) is 6.42 Å². The topological polar surface area (TPSA) is 38.5 Å². The van der Waals surface area contributed by atoms with Gasteiger partial charge in [0.25, 0.3) is 0 Å². The van der Waals surface area contributed by atoms with E-state index in [2.05, 4.69) is 59.4 Å². The molecule has 0 amide bonds. The lowest BCUT2D eigenvalue weighted by Gasteiger charge is -2.18. The standard InChI is InChI=1S/C29H33FN2O2/c1-20-7-12-26-23(17-20)5-3-6-27(28-18-31-34-21(28)2)29(26)22-8-10-24(11-9-22)33-25-13-16-32(19-25)15-4-14-30/h7-12,17-18,25H,3-6,13-16,19H2,1-2H3/t25-/m0/s1. The monoisotopic (exact) mass is 460 g/mol. The lowest BCUT2D eigenvalue weighted by Crippen LogP contribution is -2.26. The van der Waals surface area contributed by atoms with Crippen molar-refractivity contribution in [3.63, 3.8) is 0 Å². The molecule has 4 nitrogen and oxygen atoms in total. The van der Waals surface area contributed by atoms with Gasteiger partial charge in [-0.3, -0.25) is 9.29 Å². The number of alkyl halides is 1. The highest BCUT2D eigenvalue weighted by atomic mass is 19.1. The molecule has 1 aliphatic carbocycles. The second kappa shape index (κ2) is 10.1. The van der Waals surface area contributed by atoms with Crippen molar-refractivity contribution in [2.45, 2.75) is 52.1 Å². The second-order valence-electron chi connectivity index (χ2n) is 9.56. The van der Waals surface area contributed by atoms with Gasteiger partial charge in [-0.2, -0.15) is 0 Å². The minimum absolute atomic E-state index is 0.168. The molecule has 2 heterocycles. The van der Waals surface area contributed by atoms with E-state index in [1.165, 1.54) is 33.4 Å². The van der Waals surface area contributed by atoms with Gasteiger partial charge in [-0.25, -0.2) is 0 Å². The Kier molecular flexibility index (Phi) is 6.82. The van der Waals surface area contributed by atoms with E-state index in [1.54, 1.807) is 0 Å². The van der Waals surface area contributed by atoms with Gasteiger partial charge < -0.3 is 9.26 Å². The van der Waals surface area contributed by atoms with Crippen LogP contribution in [0.15, 0.2) is 53.2 Å². The smallest absolute Gasteiger partial charge is 0.141 e. The van der Waals surface area contributed by atoms with Gasteiger partial charge >= 0.3 is 0 Å². The maximum absolute atomic E-state index is 12.5. The first-order valence-corrected chi connectivity index (χ1v) is 12.4. The molecule has 34 heavy (non-hydrogen) atoms. The third kappa shape index (κ3) is 4.80. The van der Waals surface area contributed by atoms with Gasteiger partial charge in [0.15, 0.2) is 0 Å². The molecular formula is C29H33FN2O2. The summed E-state index contributed by atoms with van der Waals surface area (Å²) in [5, 5.41) is 4.07. The molecule has 1 aliphatic heterocycles. The summed E-state index contributed by atoms with van der Waals surface area (Å²) in [5.41, 5.74) is 8.85. The SMILES string of the molecule is Cc1ccc2c(c1)CCCC(c1cnoc1C)=C2c1ccc(O[C@H]2CCN(CCCF)C2)cc1.